The van der Waals surface area contributed by atoms with E-state index in [9.17, 15) is 18.8 Å². The fourth-order valence-corrected chi connectivity index (χ4v) is 2.22. The summed E-state index contributed by atoms with van der Waals surface area (Å²) >= 11 is 0. The first-order valence-corrected chi connectivity index (χ1v) is 9.16. The second-order valence-electron chi connectivity index (χ2n) is 7.37. The quantitative estimate of drug-likeness (QED) is 0.647. The van der Waals surface area contributed by atoms with Crippen LogP contribution in [0, 0.1) is 5.82 Å². The number of hydrogen-bond acceptors (Lipinski definition) is 5. The van der Waals surface area contributed by atoms with Gasteiger partial charge in [-0.05, 0) is 70.2 Å². The van der Waals surface area contributed by atoms with Crippen molar-refractivity contribution in [3.63, 3.8) is 0 Å². The Morgan fingerprint density at radius 3 is 2.30 bits per heavy atom. The molecule has 0 unspecified atom stereocenters. The minimum Gasteiger partial charge on any atom is -0.481 e. The van der Waals surface area contributed by atoms with Gasteiger partial charge in [-0.15, -0.1) is 0 Å². The predicted molar refractivity (Wildman–Crippen MR) is 108 cm³/mol. The molecule has 2 aromatic rings. The minimum atomic E-state index is -0.934. The van der Waals surface area contributed by atoms with Gasteiger partial charge in [0.15, 0.2) is 6.10 Å². The van der Waals surface area contributed by atoms with Crippen molar-refractivity contribution in [2.24, 2.45) is 0 Å². The molecule has 3 N–H and O–H groups in total. The first-order valence-electron chi connectivity index (χ1n) is 9.16. The van der Waals surface area contributed by atoms with Crippen molar-refractivity contribution in [3.05, 3.63) is 59.9 Å². The minimum absolute atomic E-state index is 0.205. The van der Waals surface area contributed by atoms with Gasteiger partial charge in [-0.2, -0.15) is 0 Å². The van der Waals surface area contributed by atoms with Crippen LogP contribution in [0.3, 0.4) is 0 Å². The Morgan fingerprint density at radius 2 is 1.67 bits per heavy atom. The molecule has 160 valence electrons. The molecular weight excluding hydrogens is 393 g/mol. The van der Waals surface area contributed by atoms with Crippen molar-refractivity contribution in [1.29, 1.82) is 0 Å². The van der Waals surface area contributed by atoms with E-state index in [0.717, 1.165) is 0 Å². The van der Waals surface area contributed by atoms with Crippen molar-refractivity contribution in [3.8, 4) is 5.75 Å². The number of hydrazine groups is 1. The third-order valence-corrected chi connectivity index (χ3v) is 3.56. The van der Waals surface area contributed by atoms with Crippen molar-refractivity contribution < 1.29 is 28.2 Å². The van der Waals surface area contributed by atoms with Crippen LogP contribution in [0.5, 0.6) is 5.75 Å². The molecule has 0 radical (unpaired) electrons. The van der Waals surface area contributed by atoms with E-state index in [1.807, 2.05) is 0 Å². The number of benzene rings is 2. The molecule has 0 aliphatic rings. The average Bonchev–Trinajstić information content (AvgIpc) is 2.66. The van der Waals surface area contributed by atoms with E-state index in [0.29, 0.717) is 11.4 Å². The Bertz CT molecular complexity index is 910. The molecule has 0 bridgehead atoms. The smallest absolute Gasteiger partial charge is 0.412 e. The molecular formula is C21H24FN3O5. The zero-order chi connectivity index (χ0) is 22.3. The first kappa shape index (κ1) is 22.7. The van der Waals surface area contributed by atoms with Crippen LogP contribution in [-0.4, -0.2) is 29.6 Å². The molecule has 0 aliphatic carbocycles. The molecule has 8 nitrogen and oxygen atoms in total. The Kier molecular flexibility index (Phi) is 7.35. The Morgan fingerprint density at radius 1 is 1.00 bits per heavy atom. The molecule has 30 heavy (non-hydrogen) atoms. The van der Waals surface area contributed by atoms with E-state index < -0.39 is 35.4 Å². The summed E-state index contributed by atoms with van der Waals surface area (Å²) in [6.45, 7) is 6.69. The summed E-state index contributed by atoms with van der Waals surface area (Å²) in [6, 6.07) is 11.3. The zero-order valence-corrected chi connectivity index (χ0v) is 17.1. The highest BCUT2D eigenvalue weighted by atomic mass is 19.1. The molecule has 0 spiro atoms. The number of halogens is 1. The number of amides is 3. The van der Waals surface area contributed by atoms with Crippen molar-refractivity contribution in [2.75, 3.05) is 5.32 Å². The zero-order valence-electron chi connectivity index (χ0n) is 17.1. The third kappa shape index (κ3) is 7.42. The summed E-state index contributed by atoms with van der Waals surface area (Å²) < 4.78 is 23.5. The van der Waals surface area contributed by atoms with Gasteiger partial charge in [0.2, 0.25) is 0 Å². The summed E-state index contributed by atoms with van der Waals surface area (Å²) in [5, 5.41) is 2.53. The largest absolute Gasteiger partial charge is 0.481 e. The highest BCUT2D eigenvalue weighted by Gasteiger charge is 2.18. The highest BCUT2D eigenvalue weighted by Crippen LogP contribution is 2.14. The van der Waals surface area contributed by atoms with Crippen LogP contribution in [0.4, 0.5) is 14.9 Å². The van der Waals surface area contributed by atoms with Crippen molar-refractivity contribution >= 4 is 23.6 Å². The third-order valence-electron chi connectivity index (χ3n) is 3.56. The molecule has 0 fully saturated rings. The number of nitrogens with one attached hydrogen (secondary N) is 3. The number of anilines is 1. The average molecular weight is 417 g/mol. The second-order valence-corrected chi connectivity index (χ2v) is 7.37. The molecule has 0 saturated carbocycles. The SMILES string of the molecule is C[C@H](Oc1ccc(F)cc1)C(=O)NNC(=O)c1cccc(NC(=O)OC(C)(C)C)c1. The van der Waals surface area contributed by atoms with Crippen LogP contribution in [0.25, 0.3) is 0 Å². The standard InChI is InChI=1S/C21H24FN3O5/c1-13(29-17-10-8-15(22)9-11-17)18(26)24-25-19(27)14-6-5-7-16(12-14)23-20(28)30-21(2,3)4/h5-13H,1-4H3,(H,23,28)(H,24,26)(H,25,27)/t13-/m0/s1. The summed E-state index contributed by atoms with van der Waals surface area (Å²) in [6.07, 6.45) is -1.59. The van der Waals surface area contributed by atoms with Crippen LogP contribution in [0.2, 0.25) is 0 Å². The summed E-state index contributed by atoms with van der Waals surface area (Å²) in [7, 11) is 0. The van der Waals surface area contributed by atoms with E-state index in [2.05, 4.69) is 16.2 Å². The van der Waals surface area contributed by atoms with Crippen molar-refractivity contribution in [2.45, 2.75) is 39.4 Å². The van der Waals surface area contributed by atoms with Gasteiger partial charge in [0.05, 0.1) is 0 Å². The maximum Gasteiger partial charge on any atom is 0.412 e. The van der Waals surface area contributed by atoms with Crippen LogP contribution in [0.1, 0.15) is 38.1 Å². The first-order chi connectivity index (χ1) is 14.0. The van der Waals surface area contributed by atoms with Gasteiger partial charge >= 0.3 is 6.09 Å². The van der Waals surface area contributed by atoms with E-state index in [1.165, 1.54) is 43.3 Å². The summed E-state index contributed by atoms with van der Waals surface area (Å²) in [4.78, 5) is 36.2. The number of carbonyl (C=O) groups is 3. The molecule has 2 aromatic carbocycles. The van der Waals surface area contributed by atoms with Gasteiger partial charge in [0.25, 0.3) is 11.8 Å². The van der Waals surface area contributed by atoms with Crippen LogP contribution in [0.15, 0.2) is 48.5 Å². The molecule has 0 heterocycles. The van der Waals surface area contributed by atoms with Gasteiger partial charge in [0, 0.05) is 11.3 Å². The van der Waals surface area contributed by atoms with Gasteiger partial charge in [-0.25, -0.2) is 9.18 Å². The lowest BCUT2D eigenvalue weighted by Gasteiger charge is -2.19. The van der Waals surface area contributed by atoms with Crippen LogP contribution >= 0.6 is 0 Å². The van der Waals surface area contributed by atoms with E-state index in [1.54, 1.807) is 32.9 Å². The lowest BCUT2D eigenvalue weighted by atomic mass is 10.2. The number of rotatable bonds is 5. The maximum atomic E-state index is 12.9. The molecule has 0 aliphatic heterocycles. The van der Waals surface area contributed by atoms with E-state index >= 15 is 0 Å². The predicted octanol–water partition coefficient (Wildman–Crippen LogP) is 3.40. The molecule has 0 aromatic heterocycles. The van der Waals surface area contributed by atoms with Crippen LogP contribution < -0.4 is 20.9 Å². The normalized spacial score (nSPS) is 11.8. The van der Waals surface area contributed by atoms with Gasteiger partial charge in [-0.1, -0.05) is 6.07 Å². The van der Waals surface area contributed by atoms with Crippen molar-refractivity contribution in [1.82, 2.24) is 10.9 Å². The molecule has 3 amide bonds. The maximum absolute atomic E-state index is 12.9. The monoisotopic (exact) mass is 417 g/mol. The van der Waals surface area contributed by atoms with Gasteiger partial charge in [-0.3, -0.25) is 25.8 Å². The highest BCUT2D eigenvalue weighted by molar-refractivity contribution is 5.97. The summed E-state index contributed by atoms with van der Waals surface area (Å²) in [5.41, 5.74) is 4.43. The Hall–Kier alpha value is -3.62. The van der Waals surface area contributed by atoms with E-state index in [4.69, 9.17) is 9.47 Å². The number of hydrogen-bond donors (Lipinski definition) is 3. The van der Waals surface area contributed by atoms with Gasteiger partial charge in [0.1, 0.15) is 17.2 Å². The fraction of sp³-hybridized carbons (Fsp3) is 0.286. The Balaban J connectivity index is 1.88. The summed E-state index contributed by atoms with van der Waals surface area (Å²) in [5.74, 6) is -1.30. The lowest BCUT2D eigenvalue weighted by molar-refractivity contribution is -0.128. The van der Waals surface area contributed by atoms with Gasteiger partial charge < -0.3 is 9.47 Å². The second kappa shape index (κ2) is 9.73. The number of ether oxygens (including phenoxy) is 2. The van der Waals surface area contributed by atoms with Crippen LogP contribution in [-0.2, 0) is 9.53 Å². The lowest BCUT2D eigenvalue weighted by Crippen LogP contribution is -2.47. The fourth-order valence-electron chi connectivity index (χ4n) is 2.22. The van der Waals surface area contributed by atoms with E-state index in [-0.39, 0.29) is 5.56 Å². The topological polar surface area (TPSA) is 106 Å². The molecule has 2 rings (SSSR count). The molecule has 0 saturated heterocycles. The Labute approximate surface area is 173 Å². The molecule has 1 atom stereocenters. The number of carbonyl (C=O) groups excluding carboxylic acids is 3. The molecule has 9 heteroatoms.